The largest absolute Gasteiger partial charge is 0.316 e. The Bertz CT molecular complexity index is 487. The molecule has 0 bridgehead atoms. The fraction of sp³-hybridized carbons (Fsp3) is 0.385. The minimum atomic E-state index is 0.446. The summed E-state index contributed by atoms with van der Waals surface area (Å²) in [6.45, 7) is 4.38. The zero-order chi connectivity index (χ0) is 11.7. The van der Waals surface area contributed by atoms with Gasteiger partial charge in [0.15, 0.2) is 5.82 Å². The van der Waals surface area contributed by atoms with E-state index in [1.807, 2.05) is 30.3 Å². The van der Waals surface area contributed by atoms with Gasteiger partial charge in [0.05, 0.1) is 0 Å². The molecule has 17 heavy (non-hydrogen) atoms. The molecular formula is C13H16N4. The molecule has 1 saturated heterocycles. The topological polar surface area (TPSA) is 53.6 Å². The minimum absolute atomic E-state index is 0.446. The molecule has 88 valence electrons. The lowest BCUT2D eigenvalue weighted by Crippen LogP contribution is -2.44. The molecule has 1 aliphatic rings. The summed E-state index contributed by atoms with van der Waals surface area (Å²) in [6.07, 6.45) is 0. The van der Waals surface area contributed by atoms with E-state index < -0.39 is 0 Å². The van der Waals surface area contributed by atoms with Gasteiger partial charge in [-0.15, -0.1) is 0 Å². The van der Waals surface area contributed by atoms with Crippen molar-refractivity contribution < 1.29 is 0 Å². The molecule has 1 aromatic heterocycles. The second kappa shape index (κ2) is 4.30. The molecule has 1 fully saturated rings. The maximum Gasteiger partial charge on any atom is 0.181 e. The zero-order valence-electron chi connectivity index (χ0n) is 9.85. The molecule has 2 heterocycles. The predicted octanol–water partition coefficient (Wildman–Crippen LogP) is 1.79. The molecule has 0 saturated carbocycles. The van der Waals surface area contributed by atoms with Crippen LogP contribution >= 0.6 is 0 Å². The Labute approximate surface area is 100 Å². The second-order valence-corrected chi connectivity index (χ2v) is 4.62. The van der Waals surface area contributed by atoms with Crippen molar-refractivity contribution >= 4 is 0 Å². The monoisotopic (exact) mass is 228 g/mol. The van der Waals surface area contributed by atoms with Crippen molar-refractivity contribution in [3.8, 4) is 11.4 Å². The number of hydrogen-bond acceptors (Lipinski definition) is 3. The van der Waals surface area contributed by atoms with Crippen molar-refractivity contribution in [2.45, 2.75) is 12.8 Å². The highest BCUT2D eigenvalue weighted by atomic mass is 15.2. The van der Waals surface area contributed by atoms with Crippen LogP contribution in [0.25, 0.3) is 11.4 Å². The Kier molecular flexibility index (Phi) is 2.65. The van der Waals surface area contributed by atoms with Crippen LogP contribution in [0.5, 0.6) is 0 Å². The molecule has 0 radical (unpaired) electrons. The van der Waals surface area contributed by atoms with Crippen LogP contribution in [0, 0.1) is 5.92 Å². The van der Waals surface area contributed by atoms with Crippen LogP contribution in [-0.2, 0) is 0 Å². The third-order valence-corrected chi connectivity index (χ3v) is 3.49. The van der Waals surface area contributed by atoms with E-state index in [4.69, 9.17) is 0 Å². The number of aromatic nitrogens is 3. The van der Waals surface area contributed by atoms with Gasteiger partial charge in [0.2, 0.25) is 0 Å². The molecule has 4 heteroatoms. The summed E-state index contributed by atoms with van der Waals surface area (Å²) in [5, 5.41) is 10.6. The van der Waals surface area contributed by atoms with Crippen LogP contribution in [0.2, 0.25) is 0 Å². The van der Waals surface area contributed by atoms with Gasteiger partial charge in [0.25, 0.3) is 0 Å². The number of aromatic amines is 1. The molecule has 1 aromatic carbocycles. The minimum Gasteiger partial charge on any atom is -0.316 e. The van der Waals surface area contributed by atoms with Crippen molar-refractivity contribution in [3.05, 3.63) is 36.2 Å². The van der Waals surface area contributed by atoms with E-state index in [-0.39, 0.29) is 0 Å². The van der Waals surface area contributed by atoms with E-state index >= 15 is 0 Å². The van der Waals surface area contributed by atoms with E-state index in [9.17, 15) is 0 Å². The molecule has 0 aliphatic carbocycles. The lowest BCUT2D eigenvalue weighted by molar-refractivity contribution is 0.296. The van der Waals surface area contributed by atoms with Gasteiger partial charge < -0.3 is 5.32 Å². The van der Waals surface area contributed by atoms with Gasteiger partial charge in [-0.25, -0.2) is 4.98 Å². The maximum atomic E-state index is 4.59. The first-order valence-electron chi connectivity index (χ1n) is 6.03. The summed E-state index contributed by atoms with van der Waals surface area (Å²) in [5.74, 6) is 2.92. The van der Waals surface area contributed by atoms with Gasteiger partial charge >= 0.3 is 0 Å². The standard InChI is InChI=1S/C13H16N4/c1-9(11-7-14-8-11)12-15-13(17-16-12)10-5-3-2-4-6-10/h2-6,9,11,14H,7-8H2,1H3,(H,15,16,17). The molecule has 1 atom stereocenters. The SMILES string of the molecule is CC(c1nc(-c2ccccc2)n[nH]1)C1CNC1. The van der Waals surface area contributed by atoms with Crippen molar-refractivity contribution in [1.29, 1.82) is 0 Å². The summed E-state index contributed by atoms with van der Waals surface area (Å²) >= 11 is 0. The summed E-state index contributed by atoms with van der Waals surface area (Å²) in [4.78, 5) is 4.59. The van der Waals surface area contributed by atoms with Crippen molar-refractivity contribution in [2.75, 3.05) is 13.1 Å². The average Bonchev–Trinajstić information content (AvgIpc) is 2.77. The van der Waals surface area contributed by atoms with Crippen LogP contribution in [0.4, 0.5) is 0 Å². The Morgan fingerprint density at radius 1 is 1.24 bits per heavy atom. The van der Waals surface area contributed by atoms with Crippen LogP contribution in [0.15, 0.2) is 30.3 Å². The summed E-state index contributed by atoms with van der Waals surface area (Å²) in [7, 11) is 0. The van der Waals surface area contributed by atoms with Crippen molar-refractivity contribution in [2.24, 2.45) is 5.92 Å². The zero-order valence-corrected chi connectivity index (χ0v) is 9.85. The average molecular weight is 228 g/mol. The highest BCUT2D eigenvalue weighted by molar-refractivity contribution is 5.53. The van der Waals surface area contributed by atoms with Crippen molar-refractivity contribution in [3.63, 3.8) is 0 Å². The van der Waals surface area contributed by atoms with Gasteiger partial charge in [0, 0.05) is 11.5 Å². The fourth-order valence-electron chi connectivity index (χ4n) is 2.08. The first-order chi connectivity index (χ1) is 8.34. The van der Waals surface area contributed by atoms with E-state index in [0.717, 1.165) is 30.3 Å². The quantitative estimate of drug-likeness (QED) is 0.842. The molecule has 3 rings (SSSR count). The first-order valence-corrected chi connectivity index (χ1v) is 6.03. The van der Waals surface area contributed by atoms with E-state index in [0.29, 0.717) is 11.8 Å². The van der Waals surface area contributed by atoms with Crippen LogP contribution in [0.3, 0.4) is 0 Å². The Morgan fingerprint density at radius 3 is 2.65 bits per heavy atom. The number of rotatable bonds is 3. The summed E-state index contributed by atoms with van der Waals surface area (Å²) < 4.78 is 0. The molecule has 2 N–H and O–H groups in total. The Balaban J connectivity index is 1.82. The van der Waals surface area contributed by atoms with Gasteiger partial charge in [-0.2, -0.15) is 5.10 Å². The molecule has 0 amide bonds. The molecule has 0 spiro atoms. The van der Waals surface area contributed by atoms with Gasteiger partial charge in [-0.05, 0) is 19.0 Å². The molecule has 4 nitrogen and oxygen atoms in total. The lowest BCUT2D eigenvalue weighted by atomic mass is 9.88. The third kappa shape index (κ3) is 1.96. The van der Waals surface area contributed by atoms with Crippen LogP contribution in [0.1, 0.15) is 18.7 Å². The predicted molar refractivity (Wildman–Crippen MR) is 66.6 cm³/mol. The van der Waals surface area contributed by atoms with E-state index in [2.05, 4.69) is 27.4 Å². The molecule has 1 aliphatic heterocycles. The van der Waals surface area contributed by atoms with Gasteiger partial charge in [-0.1, -0.05) is 37.3 Å². The molecule has 2 aromatic rings. The first kappa shape index (κ1) is 10.5. The second-order valence-electron chi connectivity index (χ2n) is 4.62. The fourth-order valence-corrected chi connectivity index (χ4v) is 2.08. The van der Waals surface area contributed by atoms with Crippen LogP contribution in [-0.4, -0.2) is 28.3 Å². The highest BCUT2D eigenvalue weighted by Gasteiger charge is 2.27. The number of hydrogen-bond donors (Lipinski definition) is 2. The summed E-state index contributed by atoms with van der Waals surface area (Å²) in [6, 6.07) is 10.1. The van der Waals surface area contributed by atoms with Crippen molar-refractivity contribution in [1.82, 2.24) is 20.5 Å². The third-order valence-electron chi connectivity index (χ3n) is 3.49. The number of nitrogens with one attached hydrogen (secondary N) is 2. The smallest absolute Gasteiger partial charge is 0.181 e. The molecule has 1 unspecified atom stereocenters. The van der Waals surface area contributed by atoms with E-state index in [1.165, 1.54) is 0 Å². The van der Waals surface area contributed by atoms with E-state index in [1.54, 1.807) is 0 Å². The normalized spacial score (nSPS) is 17.7. The number of nitrogens with zero attached hydrogens (tertiary/aromatic N) is 2. The Morgan fingerprint density at radius 2 is 2.00 bits per heavy atom. The number of H-pyrrole nitrogens is 1. The van der Waals surface area contributed by atoms with Crippen LogP contribution < -0.4 is 5.32 Å². The molecular weight excluding hydrogens is 212 g/mol. The Hall–Kier alpha value is -1.68. The lowest BCUT2D eigenvalue weighted by Gasteiger charge is -2.31. The number of benzene rings is 1. The summed E-state index contributed by atoms with van der Waals surface area (Å²) in [5.41, 5.74) is 1.06. The van der Waals surface area contributed by atoms with Gasteiger partial charge in [0.1, 0.15) is 5.82 Å². The van der Waals surface area contributed by atoms with Gasteiger partial charge in [-0.3, -0.25) is 5.10 Å². The maximum absolute atomic E-state index is 4.59. The highest BCUT2D eigenvalue weighted by Crippen LogP contribution is 2.25.